The molecule has 3 nitrogen and oxygen atoms in total. The monoisotopic (exact) mass is 245 g/mol. The highest BCUT2D eigenvalue weighted by Crippen LogP contribution is 2.21. The second kappa shape index (κ2) is 4.16. The van der Waals surface area contributed by atoms with Crippen LogP contribution in [-0.4, -0.2) is 15.0 Å². The maximum absolute atomic E-state index is 12.2. The van der Waals surface area contributed by atoms with E-state index in [-0.39, 0.29) is 5.69 Å². The molecule has 0 N–H and O–H groups in total. The van der Waals surface area contributed by atoms with Gasteiger partial charge in [0.1, 0.15) is 12.4 Å². The van der Waals surface area contributed by atoms with E-state index in [1.807, 2.05) is 0 Å². The molecular weight excluding hydrogens is 240 g/mol. The summed E-state index contributed by atoms with van der Waals surface area (Å²) < 4.78 is 13.7. The van der Waals surface area contributed by atoms with E-state index in [0.29, 0.717) is 15.7 Å². The molecule has 2 aromatic rings. The Kier molecular flexibility index (Phi) is 2.88. The zero-order valence-corrected chi connectivity index (χ0v) is 9.00. The summed E-state index contributed by atoms with van der Waals surface area (Å²) in [6.07, 6.45) is 1.49. The molecule has 0 fully saturated rings. The predicted octanol–water partition coefficient (Wildman–Crippen LogP) is 3.04. The molecule has 15 heavy (non-hydrogen) atoms. The molecule has 1 aromatic carbocycles. The Hall–Kier alpha value is -1.13. The topological polar surface area (TPSA) is 30.7 Å². The Morgan fingerprint density at radius 2 is 1.87 bits per heavy atom. The molecule has 0 aliphatic carbocycles. The summed E-state index contributed by atoms with van der Waals surface area (Å²) in [5.41, 5.74) is 0.922. The number of hydrogen-bond acceptors (Lipinski definition) is 2. The van der Waals surface area contributed by atoms with Gasteiger partial charge in [0.25, 0.3) is 0 Å². The molecule has 78 valence electrons. The molecule has 6 heteroatoms. The minimum absolute atomic E-state index is 0.270. The number of aromatic nitrogens is 3. The largest absolute Gasteiger partial charge is 0.244 e. The van der Waals surface area contributed by atoms with Crippen LogP contribution in [0, 0.1) is 0 Å². The number of halogens is 3. The first-order valence-electron chi connectivity index (χ1n) is 4.12. The highest BCUT2D eigenvalue weighted by molar-refractivity contribution is 6.34. The van der Waals surface area contributed by atoms with Crippen LogP contribution in [0.4, 0.5) is 4.39 Å². The Morgan fingerprint density at radius 1 is 1.20 bits per heavy atom. The first kappa shape index (κ1) is 10.4. The predicted molar refractivity (Wildman–Crippen MR) is 56.2 cm³/mol. The van der Waals surface area contributed by atoms with Gasteiger partial charge in [-0.1, -0.05) is 28.4 Å². The highest BCUT2D eigenvalue weighted by atomic mass is 35.5. The van der Waals surface area contributed by atoms with Crippen LogP contribution in [-0.2, 0) is 6.67 Å². The molecule has 0 bridgehead atoms. The first-order chi connectivity index (χ1) is 7.19. The van der Waals surface area contributed by atoms with Crippen molar-refractivity contribution in [3.05, 3.63) is 40.1 Å². The summed E-state index contributed by atoms with van der Waals surface area (Å²) in [4.78, 5) is 0. The summed E-state index contributed by atoms with van der Waals surface area (Å²) in [6.45, 7) is -0.645. The average Bonchev–Trinajstić information content (AvgIpc) is 2.64. The quantitative estimate of drug-likeness (QED) is 0.815. The van der Waals surface area contributed by atoms with Gasteiger partial charge >= 0.3 is 0 Å². The van der Waals surface area contributed by atoms with Crippen molar-refractivity contribution in [2.45, 2.75) is 6.67 Å². The molecule has 1 heterocycles. The van der Waals surface area contributed by atoms with E-state index in [1.165, 1.54) is 10.9 Å². The summed E-state index contributed by atoms with van der Waals surface area (Å²) in [7, 11) is 0. The second-order valence-electron chi connectivity index (χ2n) is 2.92. The van der Waals surface area contributed by atoms with E-state index in [2.05, 4.69) is 10.3 Å². The zero-order valence-electron chi connectivity index (χ0n) is 7.49. The van der Waals surface area contributed by atoms with E-state index in [1.54, 1.807) is 18.2 Å². The Morgan fingerprint density at radius 3 is 2.40 bits per heavy atom. The van der Waals surface area contributed by atoms with E-state index >= 15 is 0 Å². The minimum atomic E-state index is -0.645. The highest BCUT2D eigenvalue weighted by Gasteiger charge is 2.04. The van der Waals surface area contributed by atoms with Gasteiger partial charge in [-0.15, -0.1) is 5.10 Å². The fourth-order valence-electron chi connectivity index (χ4n) is 1.16. The van der Waals surface area contributed by atoms with Gasteiger partial charge in [-0.3, -0.25) is 0 Å². The number of rotatable bonds is 2. The number of nitrogens with zero attached hydrogens (tertiary/aromatic N) is 3. The standard InChI is InChI=1S/C9H6Cl2FN3/c10-6-1-7(11)3-9(2-6)15-5-8(4-12)13-14-15/h1-3,5H,4H2. The molecule has 1 aromatic heterocycles. The van der Waals surface area contributed by atoms with Crippen LogP contribution in [0.2, 0.25) is 10.0 Å². The van der Waals surface area contributed by atoms with Gasteiger partial charge in [-0.2, -0.15) is 0 Å². The van der Waals surface area contributed by atoms with Gasteiger partial charge in [-0.05, 0) is 18.2 Å². The summed E-state index contributed by atoms with van der Waals surface area (Å²) >= 11 is 11.6. The van der Waals surface area contributed by atoms with Crippen LogP contribution < -0.4 is 0 Å². The van der Waals surface area contributed by atoms with Gasteiger partial charge in [0.2, 0.25) is 0 Å². The van der Waals surface area contributed by atoms with Gasteiger partial charge in [0.15, 0.2) is 0 Å². The molecule has 0 amide bonds. The molecule has 2 rings (SSSR count). The van der Waals surface area contributed by atoms with Crippen LogP contribution in [0.1, 0.15) is 5.69 Å². The van der Waals surface area contributed by atoms with E-state index in [9.17, 15) is 4.39 Å². The fraction of sp³-hybridized carbons (Fsp3) is 0.111. The molecule has 0 saturated heterocycles. The lowest BCUT2D eigenvalue weighted by molar-refractivity contribution is 0.475. The molecule has 0 aliphatic rings. The van der Waals surface area contributed by atoms with Crippen LogP contribution in [0.5, 0.6) is 0 Å². The Bertz CT molecular complexity index is 464. The maximum atomic E-state index is 12.2. The third-order valence-electron chi connectivity index (χ3n) is 1.79. The smallest absolute Gasteiger partial charge is 0.135 e. The molecule has 0 saturated carbocycles. The van der Waals surface area contributed by atoms with E-state index in [4.69, 9.17) is 23.2 Å². The lowest BCUT2D eigenvalue weighted by Crippen LogP contribution is -1.94. The van der Waals surface area contributed by atoms with Crippen LogP contribution >= 0.6 is 23.2 Å². The average molecular weight is 246 g/mol. The lowest BCUT2D eigenvalue weighted by Gasteiger charge is -2.01. The molecule has 0 spiro atoms. The van der Waals surface area contributed by atoms with Gasteiger partial charge in [-0.25, -0.2) is 9.07 Å². The number of hydrogen-bond donors (Lipinski definition) is 0. The molecular formula is C9H6Cl2FN3. The van der Waals surface area contributed by atoms with Crippen molar-refractivity contribution >= 4 is 23.2 Å². The third-order valence-corrected chi connectivity index (χ3v) is 2.23. The van der Waals surface area contributed by atoms with E-state index < -0.39 is 6.67 Å². The minimum Gasteiger partial charge on any atom is -0.244 e. The van der Waals surface area contributed by atoms with Crippen molar-refractivity contribution < 1.29 is 4.39 Å². The summed E-state index contributed by atoms with van der Waals surface area (Å²) in [5, 5.41) is 8.36. The number of alkyl halides is 1. The number of benzene rings is 1. The van der Waals surface area contributed by atoms with Crippen molar-refractivity contribution in [2.75, 3.05) is 0 Å². The second-order valence-corrected chi connectivity index (χ2v) is 3.79. The van der Waals surface area contributed by atoms with Crippen molar-refractivity contribution in [3.8, 4) is 5.69 Å². The Labute approximate surface area is 95.4 Å². The summed E-state index contributed by atoms with van der Waals surface area (Å²) in [5.74, 6) is 0. The summed E-state index contributed by atoms with van der Waals surface area (Å²) in [6, 6.07) is 4.95. The third kappa shape index (κ3) is 2.27. The Balaban J connectivity index is 2.44. The van der Waals surface area contributed by atoms with Crippen molar-refractivity contribution in [1.29, 1.82) is 0 Å². The van der Waals surface area contributed by atoms with E-state index in [0.717, 1.165) is 0 Å². The van der Waals surface area contributed by atoms with Crippen LogP contribution in [0.3, 0.4) is 0 Å². The normalized spacial score (nSPS) is 10.6. The van der Waals surface area contributed by atoms with Gasteiger partial charge < -0.3 is 0 Å². The lowest BCUT2D eigenvalue weighted by atomic mass is 10.3. The van der Waals surface area contributed by atoms with Crippen LogP contribution in [0.25, 0.3) is 5.69 Å². The van der Waals surface area contributed by atoms with Crippen molar-refractivity contribution in [3.63, 3.8) is 0 Å². The fourth-order valence-corrected chi connectivity index (χ4v) is 1.67. The molecule has 0 aliphatic heterocycles. The van der Waals surface area contributed by atoms with Crippen molar-refractivity contribution in [2.24, 2.45) is 0 Å². The van der Waals surface area contributed by atoms with Crippen molar-refractivity contribution in [1.82, 2.24) is 15.0 Å². The molecule has 0 atom stereocenters. The first-order valence-corrected chi connectivity index (χ1v) is 4.88. The molecule has 0 radical (unpaired) electrons. The van der Waals surface area contributed by atoms with Gasteiger partial charge in [0, 0.05) is 10.0 Å². The molecule has 0 unspecified atom stereocenters. The maximum Gasteiger partial charge on any atom is 0.135 e. The van der Waals surface area contributed by atoms with Gasteiger partial charge in [0.05, 0.1) is 11.9 Å². The SMILES string of the molecule is FCc1cn(-c2cc(Cl)cc(Cl)c2)nn1. The zero-order chi connectivity index (χ0) is 10.8. The van der Waals surface area contributed by atoms with Crippen LogP contribution in [0.15, 0.2) is 24.4 Å².